The minimum Gasteiger partial charge on any atom is -0.329 e. The van der Waals surface area contributed by atoms with Crippen LogP contribution in [-0.2, 0) is 0 Å². The molecule has 4 saturated carbocycles. The lowest BCUT2D eigenvalue weighted by Crippen LogP contribution is -2.51. The Bertz CT molecular complexity index is 429. The number of nitrogens with two attached hydrogens (primary N) is 1. The van der Waals surface area contributed by atoms with Crippen molar-refractivity contribution in [1.82, 2.24) is 10.6 Å². The van der Waals surface area contributed by atoms with Gasteiger partial charge in [-0.15, -0.1) is 0 Å². The van der Waals surface area contributed by atoms with Crippen LogP contribution in [-0.4, -0.2) is 29.7 Å². The van der Waals surface area contributed by atoms with Gasteiger partial charge in [0.25, 0.3) is 0 Å². The van der Waals surface area contributed by atoms with Gasteiger partial charge in [-0.3, -0.25) is 5.32 Å². The van der Waals surface area contributed by atoms with E-state index in [0.29, 0.717) is 12.0 Å². The van der Waals surface area contributed by atoms with Gasteiger partial charge < -0.3 is 11.1 Å². The van der Waals surface area contributed by atoms with Crippen molar-refractivity contribution in [3.8, 4) is 6.07 Å². The molecule has 4 N–H and O–H groups in total. The van der Waals surface area contributed by atoms with Gasteiger partial charge in [0, 0.05) is 24.2 Å². The van der Waals surface area contributed by atoms with E-state index in [1.54, 1.807) is 0 Å². The number of nitriles is 1. The molecule has 0 spiro atoms. The van der Waals surface area contributed by atoms with Crippen molar-refractivity contribution in [1.29, 1.82) is 5.26 Å². The highest BCUT2D eigenvalue weighted by atomic mass is 15.1. The average molecular weight is 304 g/mol. The summed E-state index contributed by atoms with van der Waals surface area (Å²) < 4.78 is 0. The highest BCUT2D eigenvalue weighted by molar-refractivity contribution is 5.14. The number of nitrogens with one attached hydrogen (secondary N) is 2. The largest absolute Gasteiger partial charge is 0.329 e. The molecule has 2 unspecified atom stereocenters. The first kappa shape index (κ1) is 16.2. The van der Waals surface area contributed by atoms with E-state index in [-0.39, 0.29) is 11.1 Å². The first-order valence-electron chi connectivity index (χ1n) is 9.16. The second-order valence-corrected chi connectivity index (χ2v) is 8.32. The van der Waals surface area contributed by atoms with Gasteiger partial charge in [-0.1, -0.05) is 0 Å². The summed E-state index contributed by atoms with van der Waals surface area (Å²) in [5, 5.41) is 16.0. The lowest BCUT2D eigenvalue weighted by molar-refractivity contribution is 0.316. The van der Waals surface area contributed by atoms with E-state index in [0.717, 1.165) is 18.5 Å². The summed E-state index contributed by atoms with van der Waals surface area (Å²) in [6.45, 7) is 5.13. The molecule has 0 aromatic heterocycles. The maximum absolute atomic E-state index is 8.96. The van der Waals surface area contributed by atoms with Crippen molar-refractivity contribution in [2.45, 2.75) is 88.4 Å². The van der Waals surface area contributed by atoms with Gasteiger partial charge in [0.2, 0.25) is 0 Å². The molecule has 0 aromatic rings. The van der Waals surface area contributed by atoms with Crippen LogP contribution in [0.4, 0.5) is 0 Å². The van der Waals surface area contributed by atoms with E-state index in [4.69, 9.17) is 11.0 Å². The fourth-order valence-electron chi connectivity index (χ4n) is 3.31. The van der Waals surface area contributed by atoms with Gasteiger partial charge in [0.1, 0.15) is 5.54 Å². The minimum atomic E-state index is -0.207. The van der Waals surface area contributed by atoms with E-state index >= 15 is 0 Å². The third kappa shape index (κ3) is 4.22. The summed E-state index contributed by atoms with van der Waals surface area (Å²) in [4.78, 5) is 0. The van der Waals surface area contributed by atoms with Crippen LogP contribution in [0.2, 0.25) is 0 Å². The molecular weight excluding hydrogens is 272 g/mol. The molecule has 0 amide bonds. The van der Waals surface area contributed by atoms with Crippen molar-refractivity contribution in [2.24, 2.45) is 17.6 Å². The first-order valence-corrected chi connectivity index (χ1v) is 9.16. The third-order valence-electron chi connectivity index (χ3n) is 5.72. The quantitative estimate of drug-likeness (QED) is 0.675. The SMILES string of the molecule is CC(C#N)(NC1CC1)C1CC1.CC(CN)(NC1CC1)C1CC1. The summed E-state index contributed by atoms with van der Waals surface area (Å²) in [6.07, 6.45) is 10.5. The molecule has 2 atom stereocenters. The van der Waals surface area contributed by atoms with E-state index in [1.807, 2.05) is 6.92 Å². The molecule has 22 heavy (non-hydrogen) atoms. The summed E-state index contributed by atoms with van der Waals surface area (Å²) >= 11 is 0. The molecule has 0 aliphatic heterocycles. The van der Waals surface area contributed by atoms with Gasteiger partial charge in [-0.25, -0.2) is 0 Å². The molecule has 0 radical (unpaired) electrons. The molecule has 0 aromatic carbocycles. The second-order valence-electron chi connectivity index (χ2n) is 8.32. The summed E-state index contributed by atoms with van der Waals surface area (Å²) in [5.74, 6) is 1.50. The molecule has 0 heterocycles. The lowest BCUT2D eigenvalue weighted by atomic mass is 9.96. The Morgan fingerprint density at radius 2 is 1.41 bits per heavy atom. The average Bonchev–Trinajstić information content (AvgIpc) is 3.37. The van der Waals surface area contributed by atoms with Crippen LogP contribution >= 0.6 is 0 Å². The molecule has 124 valence electrons. The smallest absolute Gasteiger partial charge is 0.106 e. The Balaban J connectivity index is 0.000000131. The molecule has 4 rings (SSSR count). The Morgan fingerprint density at radius 3 is 1.77 bits per heavy atom. The van der Waals surface area contributed by atoms with Crippen molar-refractivity contribution in [2.75, 3.05) is 6.54 Å². The zero-order chi connectivity index (χ0) is 15.8. The van der Waals surface area contributed by atoms with Gasteiger partial charge in [0.15, 0.2) is 0 Å². The highest BCUT2D eigenvalue weighted by Gasteiger charge is 2.44. The number of nitrogens with zero attached hydrogens (tertiary/aromatic N) is 1. The zero-order valence-electron chi connectivity index (χ0n) is 14.2. The van der Waals surface area contributed by atoms with E-state index in [9.17, 15) is 0 Å². The number of hydrogen-bond donors (Lipinski definition) is 3. The molecule has 0 saturated heterocycles. The van der Waals surface area contributed by atoms with E-state index < -0.39 is 0 Å². The predicted octanol–water partition coefficient (Wildman–Crippen LogP) is 2.30. The van der Waals surface area contributed by atoms with Crippen LogP contribution < -0.4 is 16.4 Å². The van der Waals surface area contributed by atoms with E-state index in [1.165, 1.54) is 51.4 Å². The van der Waals surface area contributed by atoms with Gasteiger partial charge >= 0.3 is 0 Å². The van der Waals surface area contributed by atoms with Crippen molar-refractivity contribution >= 4 is 0 Å². The maximum atomic E-state index is 8.96. The van der Waals surface area contributed by atoms with Gasteiger partial charge in [-0.05, 0) is 77.0 Å². The van der Waals surface area contributed by atoms with Crippen LogP contribution in [0.3, 0.4) is 0 Å². The zero-order valence-corrected chi connectivity index (χ0v) is 14.2. The molecule has 0 bridgehead atoms. The Kier molecular flexibility index (Phi) is 4.51. The van der Waals surface area contributed by atoms with Crippen LogP contribution in [0, 0.1) is 23.2 Å². The Morgan fingerprint density at radius 1 is 0.909 bits per heavy atom. The van der Waals surface area contributed by atoms with Crippen molar-refractivity contribution < 1.29 is 0 Å². The normalized spacial score (nSPS) is 29.5. The van der Waals surface area contributed by atoms with Crippen LogP contribution in [0.25, 0.3) is 0 Å². The first-order chi connectivity index (χ1) is 10.5. The summed E-state index contributed by atoms with van der Waals surface area (Å²) in [5.41, 5.74) is 5.82. The fraction of sp³-hybridized carbons (Fsp3) is 0.944. The molecule has 4 aliphatic carbocycles. The Labute approximate surface area is 135 Å². The van der Waals surface area contributed by atoms with Gasteiger partial charge in [0.05, 0.1) is 6.07 Å². The molecule has 4 nitrogen and oxygen atoms in total. The van der Waals surface area contributed by atoms with E-state index in [2.05, 4.69) is 23.6 Å². The van der Waals surface area contributed by atoms with Gasteiger partial charge in [-0.2, -0.15) is 5.26 Å². The fourth-order valence-corrected chi connectivity index (χ4v) is 3.31. The Hall–Kier alpha value is -0.630. The van der Waals surface area contributed by atoms with Crippen molar-refractivity contribution in [3.63, 3.8) is 0 Å². The molecule has 4 fully saturated rings. The second kappa shape index (κ2) is 6.11. The monoisotopic (exact) mass is 304 g/mol. The molecular formula is C18H32N4. The van der Waals surface area contributed by atoms with Crippen LogP contribution in [0.15, 0.2) is 0 Å². The lowest BCUT2D eigenvalue weighted by Gasteiger charge is -2.29. The predicted molar refractivity (Wildman–Crippen MR) is 89.2 cm³/mol. The number of hydrogen-bond acceptors (Lipinski definition) is 4. The summed E-state index contributed by atoms with van der Waals surface area (Å²) in [6, 6.07) is 3.85. The van der Waals surface area contributed by atoms with Crippen LogP contribution in [0.1, 0.15) is 65.2 Å². The number of rotatable bonds is 7. The molecule has 4 aliphatic rings. The third-order valence-corrected chi connectivity index (χ3v) is 5.72. The maximum Gasteiger partial charge on any atom is 0.106 e. The molecule has 4 heteroatoms. The minimum absolute atomic E-state index is 0.207. The standard InChI is InChI=1S/C9H18N2.C9H14N2/c2*1-9(6-10,7-2-3-7)11-8-4-5-8/h7-8,11H,2-6,10H2,1H3;7-8,11H,2-5H2,1H3. The summed E-state index contributed by atoms with van der Waals surface area (Å²) in [7, 11) is 0. The van der Waals surface area contributed by atoms with Crippen LogP contribution in [0.5, 0.6) is 0 Å². The highest BCUT2D eigenvalue weighted by Crippen LogP contribution is 2.41. The topological polar surface area (TPSA) is 73.9 Å². The van der Waals surface area contributed by atoms with Crippen molar-refractivity contribution in [3.05, 3.63) is 0 Å².